The van der Waals surface area contributed by atoms with Crippen molar-refractivity contribution in [2.45, 2.75) is 19.0 Å². The van der Waals surface area contributed by atoms with Gasteiger partial charge in [0.05, 0.1) is 11.5 Å². The number of hydrogen-bond acceptors (Lipinski definition) is 4. The van der Waals surface area contributed by atoms with Crippen molar-refractivity contribution >= 4 is 27.0 Å². The van der Waals surface area contributed by atoms with Gasteiger partial charge in [0.15, 0.2) is 9.84 Å². The molecule has 0 aliphatic carbocycles. The topological polar surface area (TPSA) is 63.4 Å². The fourth-order valence-electron chi connectivity index (χ4n) is 2.44. The Morgan fingerprint density at radius 2 is 2.25 bits per heavy atom. The molecule has 20 heavy (non-hydrogen) atoms. The minimum Gasteiger partial charge on any atom is -0.389 e. The van der Waals surface area contributed by atoms with Crippen molar-refractivity contribution in [2.75, 3.05) is 18.6 Å². The minimum absolute atomic E-state index is 0.00995. The third kappa shape index (κ3) is 3.53. The second-order valence-electron chi connectivity index (χ2n) is 5.14. The molecular formula is C13H17FN2O2S2. The number of hydrogen-bond donors (Lipinski definition) is 1. The molecule has 1 aliphatic heterocycles. The number of nitrogens with two attached hydrogens (primary N) is 1. The van der Waals surface area contributed by atoms with Crippen LogP contribution in [-0.4, -0.2) is 42.9 Å². The first-order valence-electron chi connectivity index (χ1n) is 6.27. The van der Waals surface area contributed by atoms with E-state index >= 15 is 0 Å². The lowest BCUT2D eigenvalue weighted by Gasteiger charge is -2.24. The van der Waals surface area contributed by atoms with E-state index in [1.807, 2.05) is 11.9 Å². The van der Waals surface area contributed by atoms with E-state index in [-0.39, 0.29) is 28.4 Å². The molecule has 0 radical (unpaired) electrons. The average molecular weight is 316 g/mol. The molecule has 2 N–H and O–H groups in total. The summed E-state index contributed by atoms with van der Waals surface area (Å²) in [4.78, 5) is 2.10. The highest BCUT2D eigenvalue weighted by Gasteiger charge is 2.30. The second kappa shape index (κ2) is 5.75. The van der Waals surface area contributed by atoms with Crippen LogP contribution in [0.3, 0.4) is 0 Å². The molecule has 4 nitrogen and oxygen atoms in total. The standard InChI is InChI=1S/C13H17FN2O2S2/c1-16(11-4-5-20(17,18)8-11)7-9-2-3-10(14)6-12(9)13(15)19/h2-3,6,11H,4-5,7-8H2,1H3,(H2,15,19). The lowest BCUT2D eigenvalue weighted by molar-refractivity contribution is 0.253. The molecular weight excluding hydrogens is 299 g/mol. The maximum atomic E-state index is 13.2. The number of halogens is 1. The van der Waals surface area contributed by atoms with E-state index in [0.717, 1.165) is 5.56 Å². The zero-order chi connectivity index (χ0) is 14.9. The van der Waals surface area contributed by atoms with Gasteiger partial charge in [-0.25, -0.2) is 12.8 Å². The van der Waals surface area contributed by atoms with Gasteiger partial charge in [-0.2, -0.15) is 0 Å². The summed E-state index contributed by atoms with van der Waals surface area (Å²) in [5, 5.41) is 0. The fourth-order valence-corrected chi connectivity index (χ4v) is 4.43. The van der Waals surface area contributed by atoms with Gasteiger partial charge in [-0.15, -0.1) is 0 Å². The van der Waals surface area contributed by atoms with Gasteiger partial charge in [0, 0.05) is 18.2 Å². The highest BCUT2D eigenvalue weighted by molar-refractivity contribution is 7.91. The van der Waals surface area contributed by atoms with E-state index in [9.17, 15) is 12.8 Å². The Morgan fingerprint density at radius 1 is 1.55 bits per heavy atom. The third-order valence-corrected chi connectivity index (χ3v) is 5.56. The molecule has 7 heteroatoms. The molecule has 2 rings (SSSR count). The summed E-state index contributed by atoms with van der Waals surface area (Å²) in [6, 6.07) is 4.31. The van der Waals surface area contributed by atoms with Gasteiger partial charge in [0.1, 0.15) is 10.8 Å². The van der Waals surface area contributed by atoms with Crippen LogP contribution in [0, 0.1) is 5.82 Å². The van der Waals surface area contributed by atoms with Crippen LogP contribution in [0.1, 0.15) is 17.5 Å². The molecule has 1 aromatic rings. The minimum atomic E-state index is -2.92. The molecule has 1 unspecified atom stereocenters. The smallest absolute Gasteiger partial charge is 0.151 e. The highest BCUT2D eigenvalue weighted by atomic mass is 32.2. The Labute approximate surface area is 123 Å². The van der Waals surface area contributed by atoms with Gasteiger partial charge in [-0.1, -0.05) is 18.3 Å². The molecule has 0 amide bonds. The molecule has 1 aliphatic rings. The number of rotatable bonds is 4. The van der Waals surface area contributed by atoms with E-state index in [1.54, 1.807) is 6.07 Å². The maximum absolute atomic E-state index is 13.2. The Bertz CT molecular complexity index is 631. The van der Waals surface area contributed by atoms with Crippen molar-refractivity contribution in [3.8, 4) is 0 Å². The van der Waals surface area contributed by atoms with Crippen LogP contribution in [0.15, 0.2) is 18.2 Å². The fraction of sp³-hybridized carbons (Fsp3) is 0.462. The first-order valence-corrected chi connectivity index (χ1v) is 8.50. The normalized spacial score (nSPS) is 21.2. The zero-order valence-electron chi connectivity index (χ0n) is 11.2. The molecule has 1 aromatic carbocycles. The molecule has 0 saturated carbocycles. The molecule has 110 valence electrons. The number of sulfone groups is 1. The number of benzene rings is 1. The number of thiocarbonyl (C=S) groups is 1. The van der Waals surface area contributed by atoms with E-state index in [2.05, 4.69) is 0 Å². The monoisotopic (exact) mass is 316 g/mol. The SMILES string of the molecule is CN(Cc1ccc(F)cc1C(N)=S)C1CCS(=O)(=O)C1. The van der Waals surface area contributed by atoms with Gasteiger partial charge < -0.3 is 5.73 Å². The van der Waals surface area contributed by atoms with Gasteiger partial charge in [-0.3, -0.25) is 4.90 Å². The summed E-state index contributed by atoms with van der Waals surface area (Å²) in [5.74, 6) is 0.0170. The lowest BCUT2D eigenvalue weighted by atomic mass is 10.1. The molecule has 0 aromatic heterocycles. The number of nitrogens with zero attached hydrogens (tertiary/aromatic N) is 1. The first-order chi connectivity index (χ1) is 9.28. The molecule has 1 atom stereocenters. The van der Waals surface area contributed by atoms with Crippen molar-refractivity contribution < 1.29 is 12.8 Å². The highest BCUT2D eigenvalue weighted by Crippen LogP contribution is 2.20. The Kier molecular flexibility index (Phi) is 4.41. The third-order valence-electron chi connectivity index (χ3n) is 3.59. The van der Waals surface area contributed by atoms with Crippen molar-refractivity contribution in [3.05, 3.63) is 35.1 Å². The summed E-state index contributed by atoms with van der Waals surface area (Å²) in [5.41, 5.74) is 6.92. The molecule has 0 bridgehead atoms. The molecule has 1 fully saturated rings. The van der Waals surface area contributed by atoms with Crippen molar-refractivity contribution in [1.29, 1.82) is 0 Å². The predicted octanol–water partition coefficient (Wildman–Crippen LogP) is 1.08. The van der Waals surface area contributed by atoms with Gasteiger partial charge in [0.25, 0.3) is 0 Å². The van der Waals surface area contributed by atoms with Gasteiger partial charge >= 0.3 is 0 Å². The second-order valence-corrected chi connectivity index (χ2v) is 7.81. The summed E-state index contributed by atoms with van der Waals surface area (Å²) in [6.45, 7) is 0.493. The van der Waals surface area contributed by atoms with Crippen LogP contribution in [0.2, 0.25) is 0 Å². The van der Waals surface area contributed by atoms with Gasteiger partial charge in [-0.05, 0) is 31.2 Å². The summed E-state index contributed by atoms with van der Waals surface area (Å²) in [6.07, 6.45) is 0.627. The Hall–Kier alpha value is -1.05. The lowest BCUT2D eigenvalue weighted by Crippen LogP contribution is -2.32. The summed E-state index contributed by atoms with van der Waals surface area (Å²) < 4.78 is 36.2. The Balaban J connectivity index is 2.16. The van der Waals surface area contributed by atoms with Gasteiger partial charge in [0.2, 0.25) is 0 Å². The van der Waals surface area contributed by atoms with Crippen molar-refractivity contribution in [3.63, 3.8) is 0 Å². The first kappa shape index (κ1) is 15.3. The summed E-state index contributed by atoms with van der Waals surface area (Å²) >= 11 is 4.93. The molecule has 1 saturated heterocycles. The predicted molar refractivity (Wildman–Crippen MR) is 80.8 cm³/mol. The average Bonchev–Trinajstić information content (AvgIpc) is 2.71. The van der Waals surface area contributed by atoms with Crippen LogP contribution in [0.5, 0.6) is 0 Å². The summed E-state index contributed by atoms with van der Waals surface area (Å²) in [7, 11) is -1.06. The van der Waals surface area contributed by atoms with E-state index < -0.39 is 9.84 Å². The van der Waals surface area contributed by atoms with Crippen molar-refractivity contribution in [2.24, 2.45) is 5.73 Å². The van der Waals surface area contributed by atoms with Crippen molar-refractivity contribution in [1.82, 2.24) is 4.90 Å². The molecule has 1 heterocycles. The van der Waals surface area contributed by atoms with E-state index in [1.165, 1.54) is 12.1 Å². The van der Waals surface area contributed by atoms with E-state index in [4.69, 9.17) is 18.0 Å². The Morgan fingerprint density at radius 3 is 2.80 bits per heavy atom. The largest absolute Gasteiger partial charge is 0.389 e. The van der Waals surface area contributed by atoms with E-state index in [0.29, 0.717) is 18.5 Å². The van der Waals surface area contributed by atoms with Crippen LogP contribution >= 0.6 is 12.2 Å². The zero-order valence-corrected chi connectivity index (χ0v) is 12.8. The van der Waals surface area contributed by atoms with Crippen LogP contribution in [-0.2, 0) is 16.4 Å². The quantitative estimate of drug-likeness (QED) is 0.842. The maximum Gasteiger partial charge on any atom is 0.151 e. The molecule has 0 spiro atoms. The van der Waals surface area contributed by atoms with Crippen LogP contribution < -0.4 is 5.73 Å². The van der Waals surface area contributed by atoms with Crippen LogP contribution in [0.25, 0.3) is 0 Å². The van der Waals surface area contributed by atoms with Crippen LogP contribution in [0.4, 0.5) is 4.39 Å².